The van der Waals surface area contributed by atoms with Crippen molar-refractivity contribution in [2.24, 2.45) is 0 Å². The molecule has 6 heteroatoms. The van der Waals surface area contributed by atoms with Crippen molar-refractivity contribution in [2.45, 2.75) is 62.4 Å². The van der Waals surface area contributed by atoms with Gasteiger partial charge in [0.25, 0.3) is 4.33 Å². The van der Waals surface area contributed by atoms with E-state index in [9.17, 15) is 4.79 Å². The van der Waals surface area contributed by atoms with Gasteiger partial charge in [0, 0.05) is 0 Å². The Morgan fingerprint density at radius 1 is 1.41 bits per heavy atom. The Hall–Kier alpha value is 0.227. The van der Waals surface area contributed by atoms with Crippen LogP contribution in [0.3, 0.4) is 0 Å². The summed E-state index contributed by atoms with van der Waals surface area (Å²) in [5.74, 6) is -0.587. The van der Waals surface area contributed by atoms with Crippen LogP contribution >= 0.6 is 23.2 Å². The average molecular weight is 299 g/mol. The SMILES string of the molecule is CC(O[Si](C)(C)C(C)(C)C)[C@H]1OC(=O)C1(Cl)Cl. The molecule has 1 fully saturated rings. The summed E-state index contributed by atoms with van der Waals surface area (Å²) in [6, 6.07) is 0. The summed E-state index contributed by atoms with van der Waals surface area (Å²) in [4.78, 5) is 11.1. The highest BCUT2D eigenvalue weighted by Gasteiger charge is 2.59. The van der Waals surface area contributed by atoms with Crippen LogP contribution in [0.15, 0.2) is 0 Å². The van der Waals surface area contributed by atoms with Crippen LogP contribution in [-0.2, 0) is 14.0 Å². The van der Waals surface area contributed by atoms with Crippen LogP contribution in [0.5, 0.6) is 0 Å². The van der Waals surface area contributed by atoms with Gasteiger partial charge in [0.05, 0.1) is 6.10 Å². The Kier molecular flexibility index (Phi) is 3.96. The molecule has 0 aromatic carbocycles. The van der Waals surface area contributed by atoms with Gasteiger partial charge in [0.15, 0.2) is 14.4 Å². The molecule has 1 saturated heterocycles. The fourth-order valence-corrected chi connectivity index (χ4v) is 3.36. The first-order valence-corrected chi connectivity index (χ1v) is 9.33. The second-order valence-corrected chi connectivity index (χ2v) is 12.2. The molecule has 1 aliphatic rings. The van der Waals surface area contributed by atoms with Crippen LogP contribution in [0.2, 0.25) is 18.1 Å². The van der Waals surface area contributed by atoms with Crippen molar-refractivity contribution in [3.63, 3.8) is 0 Å². The molecule has 1 rings (SSSR count). The molecule has 0 amide bonds. The van der Waals surface area contributed by atoms with Gasteiger partial charge in [-0.15, -0.1) is 0 Å². The number of cyclic esters (lactones) is 1. The fraction of sp³-hybridized carbons (Fsp3) is 0.909. The number of carbonyl (C=O) groups excluding carboxylic acids is 1. The normalized spacial score (nSPS) is 26.1. The second kappa shape index (κ2) is 4.40. The third kappa shape index (κ3) is 2.80. The van der Waals surface area contributed by atoms with Gasteiger partial charge in [-0.3, -0.25) is 0 Å². The van der Waals surface area contributed by atoms with Crippen LogP contribution in [0, 0.1) is 0 Å². The average Bonchev–Trinajstić information content (AvgIpc) is 2.11. The van der Waals surface area contributed by atoms with Crippen molar-refractivity contribution in [2.75, 3.05) is 0 Å². The smallest absolute Gasteiger partial charge is 0.347 e. The molecule has 1 aliphatic heterocycles. The van der Waals surface area contributed by atoms with Crippen LogP contribution in [0.1, 0.15) is 27.7 Å². The van der Waals surface area contributed by atoms with E-state index in [-0.39, 0.29) is 11.1 Å². The van der Waals surface area contributed by atoms with Crippen LogP contribution in [-0.4, -0.2) is 30.8 Å². The van der Waals surface area contributed by atoms with E-state index in [1.54, 1.807) is 0 Å². The van der Waals surface area contributed by atoms with Gasteiger partial charge in [-0.2, -0.15) is 0 Å². The number of hydrogen-bond donors (Lipinski definition) is 0. The molecule has 0 spiro atoms. The summed E-state index contributed by atoms with van der Waals surface area (Å²) in [5, 5.41) is 0.0936. The zero-order chi connectivity index (χ0) is 13.6. The van der Waals surface area contributed by atoms with E-state index in [0.29, 0.717) is 0 Å². The largest absolute Gasteiger partial charge is 0.453 e. The van der Waals surface area contributed by atoms with Crippen LogP contribution in [0.4, 0.5) is 0 Å². The first-order chi connectivity index (χ1) is 7.39. The molecule has 1 heterocycles. The molecule has 0 aromatic rings. The first kappa shape index (κ1) is 15.3. The van der Waals surface area contributed by atoms with E-state index >= 15 is 0 Å². The predicted molar refractivity (Wildman–Crippen MR) is 72.1 cm³/mol. The second-order valence-electron chi connectivity index (χ2n) is 6.03. The maximum absolute atomic E-state index is 11.1. The first-order valence-electron chi connectivity index (χ1n) is 5.66. The van der Waals surface area contributed by atoms with Gasteiger partial charge < -0.3 is 9.16 Å². The van der Waals surface area contributed by atoms with Crippen molar-refractivity contribution in [1.82, 2.24) is 0 Å². The fourth-order valence-electron chi connectivity index (χ4n) is 1.42. The highest BCUT2D eigenvalue weighted by atomic mass is 35.5. The Morgan fingerprint density at radius 3 is 2.18 bits per heavy atom. The third-order valence-electron chi connectivity index (χ3n) is 3.58. The molecule has 0 aromatic heterocycles. The standard InChI is InChI=1S/C11H20Cl2O3Si/c1-7(8-11(12,13)9(14)15-8)16-17(5,6)10(2,3)4/h7-8H,1-6H3/t7?,8-/m1/s1. The summed E-state index contributed by atoms with van der Waals surface area (Å²) in [5.41, 5.74) is 0. The molecule has 0 aliphatic carbocycles. The molecule has 17 heavy (non-hydrogen) atoms. The third-order valence-corrected chi connectivity index (χ3v) is 8.89. The molecule has 0 radical (unpaired) electrons. The minimum absolute atomic E-state index is 0.0936. The van der Waals surface area contributed by atoms with Crippen molar-refractivity contribution in [1.29, 1.82) is 0 Å². The number of halogens is 2. The number of hydrogen-bond acceptors (Lipinski definition) is 3. The molecule has 2 atom stereocenters. The summed E-state index contributed by atoms with van der Waals surface area (Å²) >= 11 is 11.8. The van der Waals surface area contributed by atoms with Crippen molar-refractivity contribution in [3.8, 4) is 0 Å². The van der Waals surface area contributed by atoms with E-state index in [2.05, 4.69) is 33.9 Å². The minimum atomic E-state index is -1.91. The predicted octanol–water partition coefficient (Wildman–Crippen LogP) is 3.50. The number of esters is 1. The van der Waals surface area contributed by atoms with Gasteiger partial charge in [0.2, 0.25) is 0 Å². The van der Waals surface area contributed by atoms with Gasteiger partial charge in [-0.1, -0.05) is 44.0 Å². The molecule has 0 bridgehead atoms. The lowest BCUT2D eigenvalue weighted by Gasteiger charge is -2.45. The molecule has 100 valence electrons. The highest BCUT2D eigenvalue weighted by molar-refractivity contribution is 6.74. The number of ether oxygens (including phenoxy) is 1. The lowest BCUT2D eigenvalue weighted by atomic mass is 10.1. The number of rotatable bonds is 3. The topological polar surface area (TPSA) is 35.5 Å². The van der Waals surface area contributed by atoms with Gasteiger partial charge in [-0.05, 0) is 25.1 Å². The zero-order valence-electron chi connectivity index (χ0n) is 11.1. The Labute approximate surface area is 114 Å². The molecule has 0 N–H and O–H groups in total. The van der Waals surface area contributed by atoms with E-state index in [4.69, 9.17) is 32.4 Å². The maximum Gasteiger partial charge on any atom is 0.347 e. The van der Waals surface area contributed by atoms with E-state index in [0.717, 1.165) is 0 Å². The van der Waals surface area contributed by atoms with E-state index in [1.165, 1.54) is 0 Å². The highest BCUT2D eigenvalue weighted by Crippen LogP contribution is 2.43. The Balaban J connectivity index is 2.69. The summed E-state index contributed by atoms with van der Waals surface area (Å²) in [6.45, 7) is 12.5. The van der Waals surface area contributed by atoms with Crippen molar-refractivity contribution >= 4 is 37.5 Å². The number of carbonyl (C=O) groups is 1. The van der Waals surface area contributed by atoms with E-state index in [1.807, 2.05) is 6.92 Å². The summed E-state index contributed by atoms with van der Waals surface area (Å²) in [7, 11) is -1.91. The maximum atomic E-state index is 11.1. The zero-order valence-corrected chi connectivity index (χ0v) is 13.6. The van der Waals surface area contributed by atoms with Gasteiger partial charge in [0.1, 0.15) is 0 Å². The monoisotopic (exact) mass is 298 g/mol. The van der Waals surface area contributed by atoms with Gasteiger partial charge in [-0.25, -0.2) is 4.79 Å². The Morgan fingerprint density at radius 2 is 1.88 bits per heavy atom. The van der Waals surface area contributed by atoms with Crippen LogP contribution in [0.25, 0.3) is 0 Å². The summed E-state index contributed by atoms with van der Waals surface area (Å²) < 4.78 is 9.60. The minimum Gasteiger partial charge on any atom is -0.453 e. The molecule has 3 nitrogen and oxygen atoms in total. The van der Waals surface area contributed by atoms with Crippen LogP contribution < -0.4 is 0 Å². The van der Waals surface area contributed by atoms with Crippen molar-refractivity contribution in [3.05, 3.63) is 0 Å². The quantitative estimate of drug-likeness (QED) is 0.454. The number of alkyl halides is 2. The Bertz CT molecular complexity index is 323. The molecule has 0 saturated carbocycles. The van der Waals surface area contributed by atoms with Gasteiger partial charge >= 0.3 is 5.97 Å². The lowest BCUT2D eigenvalue weighted by molar-refractivity contribution is -0.181. The molecular weight excluding hydrogens is 279 g/mol. The van der Waals surface area contributed by atoms with E-state index < -0.39 is 24.7 Å². The molecule has 1 unspecified atom stereocenters. The van der Waals surface area contributed by atoms with Crippen molar-refractivity contribution < 1.29 is 14.0 Å². The lowest BCUT2D eigenvalue weighted by Crippen LogP contribution is -2.62. The summed E-state index contributed by atoms with van der Waals surface area (Å²) in [6.07, 6.45) is -0.865. The molecular formula is C11H20Cl2O3Si.